The first-order valence-corrected chi connectivity index (χ1v) is 5.04. The monoisotopic (exact) mass is 228 g/mol. The van der Waals surface area contributed by atoms with Crippen molar-refractivity contribution in [1.29, 1.82) is 0 Å². The highest BCUT2D eigenvalue weighted by Gasteiger charge is 2.03. The van der Waals surface area contributed by atoms with Crippen molar-refractivity contribution in [3.8, 4) is 12.3 Å². The van der Waals surface area contributed by atoms with Gasteiger partial charge in [-0.05, 0) is 30.7 Å². The Morgan fingerprint density at radius 3 is 2.53 bits per heavy atom. The molecule has 3 heteroatoms. The van der Waals surface area contributed by atoms with Crippen LogP contribution < -0.4 is 0 Å². The molecular formula is C14H12O3. The van der Waals surface area contributed by atoms with Gasteiger partial charge in [0, 0.05) is 5.56 Å². The third kappa shape index (κ3) is 4.80. The van der Waals surface area contributed by atoms with Gasteiger partial charge in [0.1, 0.15) is 12.2 Å². The van der Waals surface area contributed by atoms with E-state index in [-0.39, 0.29) is 12.2 Å². The van der Waals surface area contributed by atoms with Crippen LogP contribution >= 0.6 is 0 Å². The SMILES string of the molecule is C#Cc1ccc(/C=C/OC(=O)CC(C)=O)cc1. The number of carbonyl (C=O) groups excluding carboxylic acids is 2. The van der Waals surface area contributed by atoms with E-state index < -0.39 is 5.97 Å². The third-order valence-corrected chi connectivity index (χ3v) is 1.93. The molecule has 0 radical (unpaired) electrons. The molecular weight excluding hydrogens is 216 g/mol. The van der Waals surface area contributed by atoms with E-state index in [0.29, 0.717) is 0 Å². The van der Waals surface area contributed by atoms with Crippen molar-refractivity contribution in [2.45, 2.75) is 13.3 Å². The van der Waals surface area contributed by atoms with Crippen molar-refractivity contribution in [1.82, 2.24) is 0 Å². The molecule has 17 heavy (non-hydrogen) atoms. The minimum atomic E-state index is -0.561. The molecule has 0 aliphatic carbocycles. The second-order valence-electron chi connectivity index (χ2n) is 3.44. The van der Waals surface area contributed by atoms with Crippen molar-refractivity contribution >= 4 is 17.8 Å². The van der Waals surface area contributed by atoms with Gasteiger partial charge in [-0.1, -0.05) is 18.1 Å². The molecule has 0 atom stereocenters. The summed E-state index contributed by atoms with van der Waals surface area (Å²) in [6.45, 7) is 1.34. The number of hydrogen-bond donors (Lipinski definition) is 0. The predicted octanol–water partition coefficient (Wildman–Crippen LogP) is 2.16. The summed E-state index contributed by atoms with van der Waals surface area (Å²) in [6, 6.07) is 7.20. The van der Waals surface area contributed by atoms with Gasteiger partial charge in [-0.2, -0.15) is 0 Å². The van der Waals surface area contributed by atoms with Crippen LogP contribution in [0.5, 0.6) is 0 Å². The van der Waals surface area contributed by atoms with Gasteiger partial charge < -0.3 is 4.74 Å². The highest BCUT2D eigenvalue weighted by atomic mass is 16.5. The summed E-state index contributed by atoms with van der Waals surface area (Å²) in [5.41, 5.74) is 1.65. The Hall–Kier alpha value is -2.34. The minimum Gasteiger partial charge on any atom is -0.434 e. The van der Waals surface area contributed by atoms with Crippen molar-refractivity contribution in [3.63, 3.8) is 0 Å². The second-order valence-corrected chi connectivity index (χ2v) is 3.44. The average molecular weight is 228 g/mol. The fourth-order valence-electron chi connectivity index (χ4n) is 1.12. The number of ketones is 1. The molecule has 0 N–H and O–H groups in total. The van der Waals surface area contributed by atoms with Crippen LogP contribution in [0, 0.1) is 12.3 Å². The topological polar surface area (TPSA) is 43.4 Å². The maximum atomic E-state index is 11.0. The zero-order valence-electron chi connectivity index (χ0n) is 9.47. The van der Waals surface area contributed by atoms with Gasteiger partial charge in [-0.3, -0.25) is 9.59 Å². The molecule has 0 spiro atoms. The van der Waals surface area contributed by atoms with Crippen LogP contribution in [-0.4, -0.2) is 11.8 Å². The standard InChI is InChI=1S/C14H12O3/c1-3-12-4-6-13(7-5-12)8-9-17-14(16)10-11(2)15/h1,4-9H,10H2,2H3/b9-8+. The molecule has 1 rings (SSSR count). The Bertz CT molecular complexity index is 475. The number of carbonyl (C=O) groups is 2. The molecule has 1 aromatic rings. The summed E-state index contributed by atoms with van der Waals surface area (Å²) in [4.78, 5) is 21.6. The molecule has 1 aromatic carbocycles. The minimum absolute atomic E-state index is 0.208. The molecule has 0 saturated carbocycles. The molecule has 3 nitrogen and oxygen atoms in total. The van der Waals surface area contributed by atoms with Crippen LogP contribution in [0.25, 0.3) is 6.08 Å². The lowest BCUT2D eigenvalue weighted by Gasteiger charge is -1.96. The summed E-state index contributed by atoms with van der Waals surface area (Å²) in [5.74, 6) is 1.72. The molecule has 0 heterocycles. The van der Waals surface area contributed by atoms with Gasteiger partial charge in [-0.15, -0.1) is 6.42 Å². The Morgan fingerprint density at radius 2 is 2.00 bits per heavy atom. The summed E-state index contributed by atoms with van der Waals surface area (Å²) < 4.78 is 4.73. The van der Waals surface area contributed by atoms with Crippen molar-refractivity contribution in [3.05, 3.63) is 41.7 Å². The molecule has 0 saturated heterocycles. The Kier molecular flexibility index (Phi) is 4.71. The summed E-state index contributed by atoms with van der Waals surface area (Å²) in [6.07, 6.45) is 7.89. The highest BCUT2D eigenvalue weighted by molar-refractivity contribution is 5.94. The van der Waals surface area contributed by atoms with Gasteiger partial charge in [0.25, 0.3) is 0 Å². The van der Waals surface area contributed by atoms with E-state index in [0.717, 1.165) is 11.1 Å². The van der Waals surface area contributed by atoms with Crippen LogP contribution in [0.1, 0.15) is 24.5 Å². The predicted molar refractivity (Wildman–Crippen MR) is 64.8 cm³/mol. The van der Waals surface area contributed by atoms with Gasteiger partial charge in [-0.25, -0.2) is 0 Å². The molecule has 0 aromatic heterocycles. The summed E-state index contributed by atoms with van der Waals surface area (Å²) >= 11 is 0. The zero-order chi connectivity index (χ0) is 12.7. The fraction of sp³-hybridized carbons (Fsp3) is 0.143. The van der Waals surface area contributed by atoms with Crippen LogP contribution in [0.3, 0.4) is 0 Å². The fourth-order valence-corrected chi connectivity index (χ4v) is 1.12. The maximum Gasteiger partial charge on any atom is 0.318 e. The lowest BCUT2D eigenvalue weighted by atomic mass is 10.1. The number of hydrogen-bond acceptors (Lipinski definition) is 3. The van der Waals surface area contributed by atoms with E-state index in [1.165, 1.54) is 13.2 Å². The van der Waals surface area contributed by atoms with E-state index in [9.17, 15) is 9.59 Å². The van der Waals surface area contributed by atoms with Crippen molar-refractivity contribution < 1.29 is 14.3 Å². The Morgan fingerprint density at radius 1 is 1.35 bits per heavy atom. The smallest absolute Gasteiger partial charge is 0.318 e. The van der Waals surface area contributed by atoms with Gasteiger partial charge in [0.05, 0.1) is 6.26 Å². The molecule has 0 bridgehead atoms. The molecule has 0 unspecified atom stereocenters. The van der Waals surface area contributed by atoms with Gasteiger partial charge >= 0.3 is 5.97 Å². The Labute approximate surface area is 100 Å². The third-order valence-electron chi connectivity index (χ3n) is 1.93. The first-order valence-electron chi connectivity index (χ1n) is 5.04. The number of terminal acetylenes is 1. The largest absolute Gasteiger partial charge is 0.434 e. The molecule has 0 amide bonds. The normalized spacial score (nSPS) is 9.88. The number of esters is 1. The van der Waals surface area contributed by atoms with E-state index in [4.69, 9.17) is 11.2 Å². The average Bonchev–Trinajstić information content (AvgIpc) is 2.29. The second kappa shape index (κ2) is 6.29. The van der Waals surface area contributed by atoms with E-state index >= 15 is 0 Å². The lowest BCUT2D eigenvalue weighted by Crippen LogP contribution is -2.04. The van der Waals surface area contributed by atoms with E-state index in [2.05, 4.69) is 5.92 Å². The maximum absolute atomic E-state index is 11.0. The van der Waals surface area contributed by atoms with E-state index in [1.54, 1.807) is 18.2 Å². The Balaban J connectivity index is 2.51. The van der Waals surface area contributed by atoms with Crippen LogP contribution in [0.2, 0.25) is 0 Å². The number of ether oxygens (including phenoxy) is 1. The molecule has 86 valence electrons. The molecule has 0 fully saturated rings. The van der Waals surface area contributed by atoms with Gasteiger partial charge in [0.15, 0.2) is 0 Å². The van der Waals surface area contributed by atoms with Crippen molar-refractivity contribution in [2.24, 2.45) is 0 Å². The number of Topliss-reactive ketones (excluding diaryl/α,β-unsaturated/α-hetero) is 1. The first kappa shape index (κ1) is 12.7. The molecule has 0 aliphatic rings. The summed E-state index contributed by atoms with van der Waals surface area (Å²) in [5, 5.41) is 0. The van der Waals surface area contributed by atoms with Crippen LogP contribution in [0.15, 0.2) is 30.5 Å². The first-order chi connectivity index (χ1) is 8.11. The van der Waals surface area contributed by atoms with E-state index in [1.807, 2.05) is 12.1 Å². The van der Waals surface area contributed by atoms with Crippen molar-refractivity contribution in [2.75, 3.05) is 0 Å². The van der Waals surface area contributed by atoms with Gasteiger partial charge in [0.2, 0.25) is 0 Å². The number of rotatable bonds is 4. The van der Waals surface area contributed by atoms with Crippen LogP contribution in [0.4, 0.5) is 0 Å². The number of benzene rings is 1. The lowest BCUT2D eigenvalue weighted by molar-refractivity contribution is -0.140. The quantitative estimate of drug-likeness (QED) is 0.343. The van der Waals surface area contributed by atoms with Crippen LogP contribution in [-0.2, 0) is 14.3 Å². The highest BCUT2D eigenvalue weighted by Crippen LogP contribution is 2.05. The summed E-state index contributed by atoms with van der Waals surface area (Å²) in [7, 11) is 0. The zero-order valence-corrected chi connectivity index (χ0v) is 9.47. The molecule has 0 aliphatic heterocycles.